The molecule has 302 valence electrons. The van der Waals surface area contributed by atoms with Crippen LogP contribution in [0.25, 0.3) is 0 Å². The number of rotatable bonds is 11. The zero-order chi connectivity index (χ0) is 38.0. The molecule has 0 aromatic rings. The number of nitrogens with two attached hydrogens (primary N) is 2. The van der Waals surface area contributed by atoms with Crippen molar-refractivity contribution in [2.75, 3.05) is 26.3 Å². The predicted octanol–water partition coefficient (Wildman–Crippen LogP) is 1.48. The lowest BCUT2D eigenvalue weighted by Crippen LogP contribution is -2.70. The second-order valence-electron chi connectivity index (χ2n) is 17.7. The average molecular weight is 749 g/mol. The van der Waals surface area contributed by atoms with Gasteiger partial charge in [0.2, 0.25) is 0 Å². The molecular formula is C40H68N4O9. The van der Waals surface area contributed by atoms with Crippen LogP contribution in [0.3, 0.4) is 0 Å². The van der Waals surface area contributed by atoms with Crippen molar-refractivity contribution in [3.05, 3.63) is 11.6 Å². The molecule has 13 nitrogen and oxygen atoms in total. The fourth-order valence-corrected chi connectivity index (χ4v) is 11.3. The number of hydrogen-bond donors (Lipinski definition) is 8. The predicted molar refractivity (Wildman–Crippen MR) is 198 cm³/mol. The number of nitrogens with one attached hydrogen (secondary N) is 2. The molecule has 13 heteroatoms. The van der Waals surface area contributed by atoms with Gasteiger partial charge < -0.3 is 56.7 Å². The molecule has 6 rings (SSSR count). The minimum absolute atomic E-state index is 0.00345. The minimum Gasteiger partial charge on any atom is -0.456 e. The molecule has 0 aromatic heterocycles. The van der Waals surface area contributed by atoms with Crippen molar-refractivity contribution in [1.29, 1.82) is 0 Å². The van der Waals surface area contributed by atoms with Gasteiger partial charge in [-0.25, -0.2) is 4.79 Å². The van der Waals surface area contributed by atoms with Crippen molar-refractivity contribution in [3.8, 4) is 0 Å². The van der Waals surface area contributed by atoms with Gasteiger partial charge in [-0.3, -0.25) is 4.79 Å². The Kier molecular flexibility index (Phi) is 13.8. The lowest BCUT2D eigenvalue weighted by atomic mass is 9.53. The first kappa shape index (κ1) is 41.1. The molecule has 4 heterocycles. The maximum absolute atomic E-state index is 14.1. The Balaban J connectivity index is 1.44. The van der Waals surface area contributed by atoms with E-state index in [0.717, 1.165) is 51.5 Å². The van der Waals surface area contributed by atoms with Gasteiger partial charge in [0.15, 0.2) is 0 Å². The van der Waals surface area contributed by atoms with E-state index in [2.05, 4.69) is 10.6 Å². The standard InChI is InChI=1S/C40H68N4O9/c1-4-21(2)39(50)52-30-17-27-36(49)34-29(48)16-26(19-45)51-38(34)35(37(27)53-40(30,3)12-10-22-8-9-31(41)44-18-22)33(24-11-13-43-32(42)15-24)28(20-46)23-6-5-7-25(47)14-23/h4,22-28,30-38,43-47,49H,5-20,41-42H2,1-3H3. The molecule has 0 aromatic carbocycles. The summed E-state index contributed by atoms with van der Waals surface area (Å²) in [6.45, 7) is 6.59. The van der Waals surface area contributed by atoms with Gasteiger partial charge in [-0.1, -0.05) is 12.5 Å². The summed E-state index contributed by atoms with van der Waals surface area (Å²) in [5.41, 5.74) is 12.3. The van der Waals surface area contributed by atoms with Crippen LogP contribution >= 0.6 is 0 Å². The molecule has 10 N–H and O–H groups in total. The molecule has 2 aliphatic carbocycles. The Morgan fingerprint density at radius 1 is 1.04 bits per heavy atom. The fraction of sp³-hybridized carbons (Fsp3) is 0.900. The number of ether oxygens (including phenoxy) is 3. The molecule has 17 unspecified atom stereocenters. The van der Waals surface area contributed by atoms with Crippen LogP contribution in [0, 0.1) is 47.3 Å². The number of Topliss-reactive ketones (excluding diaryl/α,β-unsaturated/α-hetero) is 1. The van der Waals surface area contributed by atoms with Crippen molar-refractivity contribution < 1.29 is 44.2 Å². The van der Waals surface area contributed by atoms with Gasteiger partial charge >= 0.3 is 5.97 Å². The number of ketones is 1. The van der Waals surface area contributed by atoms with Crippen LogP contribution in [0.15, 0.2) is 11.6 Å². The molecule has 0 bridgehead atoms. The second kappa shape index (κ2) is 17.7. The summed E-state index contributed by atoms with van der Waals surface area (Å²) in [5.74, 6) is -2.47. The van der Waals surface area contributed by atoms with E-state index in [0.29, 0.717) is 43.7 Å². The first-order valence-corrected chi connectivity index (χ1v) is 20.6. The highest BCUT2D eigenvalue weighted by atomic mass is 16.6. The Morgan fingerprint density at radius 3 is 2.49 bits per heavy atom. The lowest BCUT2D eigenvalue weighted by molar-refractivity contribution is -0.296. The third-order valence-corrected chi connectivity index (χ3v) is 14.3. The normalized spacial score (nSPS) is 45.1. The Hall–Kier alpha value is -1.52. The third-order valence-electron chi connectivity index (χ3n) is 14.3. The van der Waals surface area contributed by atoms with E-state index in [4.69, 9.17) is 25.7 Å². The van der Waals surface area contributed by atoms with Crippen LogP contribution in [-0.4, -0.2) is 113 Å². The lowest BCUT2D eigenvalue weighted by Gasteiger charge is -2.61. The quantitative estimate of drug-likeness (QED) is 0.111. The summed E-state index contributed by atoms with van der Waals surface area (Å²) in [5, 5.41) is 51.6. The SMILES string of the molecule is CC=C(C)C(=O)OC1CC2C(O)C3C(=O)CC(CO)OC3C(C(C3CCNC(N)C3)C(CO)C3CCCC(O)C3)C2OC1(C)CCC1CCC(N)NC1. The summed E-state index contributed by atoms with van der Waals surface area (Å²) in [6.07, 6.45) is 5.17. The van der Waals surface area contributed by atoms with E-state index in [9.17, 15) is 30.0 Å². The highest BCUT2D eigenvalue weighted by molar-refractivity contribution is 5.87. The summed E-state index contributed by atoms with van der Waals surface area (Å²) < 4.78 is 20.4. The van der Waals surface area contributed by atoms with E-state index >= 15 is 0 Å². The molecule has 0 amide bonds. The molecule has 0 spiro atoms. The van der Waals surface area contributed by atoms with Crippen LogP contribution < -0.4 is 22.1 Å². The summed E-state index contributed by atoms with van der Waals surface area (Å²) in [6, 6.07) is 0. The smallest absolute Gasteiger partial charge is 0.333 e. The number of allylic oxidation sites excluding steroid dienone is 1. The van der Waals surface area contributed by atoms with Gasteiger partial charge in [0.1, 0.15) is 17.5 Å². The Labute approximate surface area is 315 Å². The molecular weight excluding hydrogens is 680 g/mol. The molecule has 4 aliphatic heterocycles. The summed E-state index contributed by atoms with van der Waals surface area (Å²) in [4.78, 5) is 27.5. The molecule has 4 saturated heterocycles. The number of carbonyl (C=O) groups is 2. The van der Waals surface area contributed by atoms with Crippen LogP contribution in [-0.2, 0) is 23.8 Å². The number of aliphatic hydroxyl groups is 4. The van der Waals surface area contributed by atoms with Crippen LogP contribution in [0.2, 0.25) is 0 Å². The maximum Gasteiger partial charge on any atom is 0.333 e. The van der Waals surface area contributed by atoms with Crippen LogP contribution in [0.1, 0.15) is 97.8 Å². The van der Waals surface area contributed by atoms with Crippen molar-refractivity contribution >= 4 is 11.8 Å². The number of hydrogen-bond acceptors (Lipinski definition) is 13. The van der Waals surface area contributed by atoms with Gasteiger partial charge in [-0.15, -0.1) is 0 Å². The zero-order valence-corrected chi connectivity index (χ0v) is 32.1. The van der Waals surface area contributed by atoms with E-state index in [1.165, 1.54) is 0 Å². The minimum atomic E-state index is -1.12. The average Bonchev–Trinajstić information content (AvgIpc) is 3.14. The van der Waals surface area contributed by atoms with Crippen molar-refractivity contribution in [2.45, 2.75) is 152 Å². The molecule has 2 saturated carbocycles. The number of aliphatic hydroxyl groups excluding tert-OH is 4. The van der Waals surface area contributed by atoms with E-state index < -0.39 is 65.9 Å². The number of carbonyl (C=O) groups excluding carboxylic acids is 2. The largest absolute Gasteiger partial charge is 0.456 e. The molecule has 17 atom stereocenters. The molecule has 6 fully saturated rings. The molecule has 6 aliphatic rings. The van der Waals surface area contributed by atoms with Crippen molar-refractivity contribution in [3.63, 3.8) is 0 Å². The van der Waals surface area contributed by atoms with Gasteiger partial charge in [0, 0.05) is 30.4 Å². The number of piperidine rings is 2. The van der Waals surface area contributed by atoms with Gasteiger partial charge in [0.05, 0.1) is 55.4 Å². The highest BCUT2D eigenvalue weighted by Crippen LogP contribution is 2.56. The second-order valence-corrected chi connectivity index (χ2v) is 17.7. The first-order valence-electron chi connectivity index (χ1n) is 20.6. The van der Waals surface area contributed by atoms with Crippen molar-refractivity contribution in [1.82, 2.24) is 10.6 Å². The first-order chi connectivity index (χ1) is 25.4. The Bertz CT molecular complexity index is 1280. The summed E-state index contributed by atoms with van der Waals surface area (Å²) >= 11 is 0. The van der Waals surface area contributed by atoms with E-state index in [1.807, 2.05) is 6.92 Å². The van der Waals surface area contributed by atoms with Gasteiger partial charge in [0.25, 0.3) is 0 Å². The molecule has 0 radical (unpaired) electrons. The highest BCUT2D eigenvalue weighted by Gasteiger charge is 2.64. The number of fused-ring (bicyclic) bond motifs is 2. The van der Waals surface area contributed by atoms with Gasteiger partial charge in [-0.05, 0) is 128 Å². The zero-order valence-electron chi connectivity index (χ0n) is 32.1. The number of esters is 1. The van der Waals surface area contributed by atoms with Crippen LogP contribution in [0.4, 0.5) is 0 Å². The maximum atomic E-state index is 14.1. The summed E-state index contributed by atoms with van der Waals surface area (Å²) in [7, 11) is 0. The van der Waals surface area contributed by atoms with E-state index in [-0.39, 0.29) is 61.4 Å². The van der Waals surface area contributed by atoms with Crippen molar-refractivity contribution in [2.24, 2.45) is 58.8 Å². The molecule has 53 heavy (non-hydrogen) atoms. The Morgan fingerprint density at radius 2 is 1.83 bits per heavy atom. The van der Waals surface area contributed by atoms with Crippen LogP contribution in [0.5, 0.6) is 0 Å². The third kappa shape index (κ3) is 8.90. The monoisotopic (exact) mass is 748 g/mol. The fourth-order valence-electron chi connectivity index (χ4n) is 11.3. The topological polar surface area (TPSA) is 219 Å². The van der Waals surface area contributed by atoms with E-state index in [1.54, 1.807) is 19.9 Å². The van der Waals surface area contributed by atoms with Gasteiger partial charge in [-0.2, -0.15) is 0 Å².